The highest BCUT2D eigenvalue weighted by Crippen LogP contribution is 2.32. The number of piperidine rings is 1. The van der Waals surface area contributed by atoms with Gasteiger partial charge in [-0.05, 0) is 35.2 Å². The molecule has 0 saturated carbocycles. The van der Waals surface area contributed by atoms with Gasteiger partial charge in [-0.25, -0.2) is 0 Å². The number of benzene rings is 2. The first-order chi connectivity index (χ1) is 10.2. The minimum atomic E-state index is 0.0100. The van der Waals surface area contributed by atoms with Gasteiger partial charge in [0.25, 0.3) is 0 Å². The highest BCUT2D eigenvalue weighted by molar-refractivity contribution is 5.83. The summed E-state index contributed by atoms with van der Waals surface area (Å²) in [6.45, 7) is 2.88. The van der Waals surface area contributed by atoms with Gasteiger partial charge in [-0.3, -0.25) is 4.79 Å². The van der Waals surface area contributed by atoms with Gasteiger partial charge in [-0.1, -0.05) is 43.3 Å². The fourth-order valence-corrected chi connectivity index (χ4v) is 3.30. The second-order valence-electron chi connectivity index (χ2n) is 5.84. The fourth-order valence-electron chi connectivity index (χ4n) is 3.30. The molecule has 3 nitrogen and oxygen atoms in total. The van der Waals surface area contributed by atoms with Crippen LogP contribution in [0.3, 0.4) is 0 Å². The highest BCUT2D eigenvalue weighted by Gasteiger charge is 2.34. The number of fused-ring (bicyclic) bond motifs is 1. The molecule has 1 heterocycles. The summed E-state index contributed by atoms with van der Waals surface area (Å²) in [5.74, 6) is 0.233. The van der Waals surface area contributed by atoms with Crippen LogP contribution in [-0.2, 0) is 4.79 Å². The zero-order chi connectivity index (χ0) is 14.8. The summed E-state index contributed by atoms with van der Waals surface area (Å²) in [4.78, 5) is 14.2. The number of hydrogen-bond acceptors (Lipinski definition) is 2. The minimum absolute atomic E-state index is 0.0100. The Morgan fingerprint density at radius 3 is 2.71 bits per heavy atom. The smallest absolute Gasteiger partial charge is 0.223 e. The summed E-state index contributed by atoms with van der Waals surface area (Å²) in [6.07, 6.45) is 2.31. The number of likely N-dealkylation sites (tertiary alicyclic amines) is 1. The average Bonchev–Trinajstić information content (AvgIpc) is 2.51. The van der Waals surface area contributed by atoms with Gasteiger partial charge in [-0.2, -0.15) is 0 Å². The van der Waals surface area contributed by atoms with Crippen molar-refractivity contribution in [3.8, 4) is 0 Å². The number of nitrogens with zero attached hydrogens (tertiary/aromatic N) is 1. The molecule has 0 radical (unpaired) electrons. The van der Waals surface area contributed by atoms with Crippen LogP contribution >= 0.6 is 0 Å². The van der Waals surface area contributed by atoms with Crippen molar-refractivity contribution in [3.63, 3.8) is 0 Å². The number of amides is 1. The van der Waals surface area contributed by atoms with Crippen LogP contribution < -0.4 is 5.73 Å². The molecule has 0 aromatic heterocycles. The first kappa shape index (κ1) is 14.1. The van der Waals surface area contributed by atoms with Crippen molar-refractivity contribution in [2.24, 2.45) is 5.73 Å². The third-order valence-corrected chi connectivity index (χ3v) is 4.33. The normalized spacial score (nSPS) is 22.8. The standard InChI is InChI=1S/C18H22N2O/c1-2-11-20-17(21)10-9-16(19)18(20)15-8-7-13-5-3-4-6-14(13)12-15/h3-8,12,16,18H,2,9-11,19H2,1H3. The topological polar surface area (TPSA) is 46.3 Å². The third kappa shape index (κ3) is 2.66. The van der Waals surface area contributed by atoms with Crippen molar-refractivity contribution in [2.75, 3.05) is 6.54 Å². The summed E-state index contributed by atoms with van der Waals surface area (Å²) < 4.78 is 0. The number of carbonyl (C=O) groups is 1. The van der Waals surface area contributed by atoms with Crippen LogP contribution in [0.15, 0.2) is 42.5 Å². The quantitative estimate of drug-likeness (QED) is 0.939. The predicted octanol–water partition coefficient (Wildman–Crippen LogP) is 3.24. The summed E-state index contributed by atoms with van der Waals surface area (Å²) in [5, 5.41) is 2.43. The lowest BCUT2D eigenvalue weighted by Gasteiger charge is -2.40. The van der Waals surface area contributed by atoms with E-state index in [0.717, 1.165) is 24.9 Å². The van der Waals surface area contributed by atoms with Crippen LogP contribution in [0.4, 0.5) is 0 Å². The number of hydrogen-bond donors (Lipinski definition) is 1. The SMILES string of the molecule is CCCN1C(=O)CCC(N)C1c1ccc2ccccc2c1. The van der Waals surface area contributed by atoms with E-state index in [1.54, 1.807) is 0 Å². The molecular formula is C18H22N2O. The Morgan fingerprint density at radius 1 is 1.19 bits per heavy atom. The lowest BCUT2D eigenvalue weighted by atomic mass is 9.89. The molecule has 1 amide bonds. The van der Waals surface area contributed by atoms with E-state index in [1.807, 2.05) is 17.0 Å². The molecule has 0 spiro atoms. The van der Waals surface area contributed by atoms with Gasteiger partial charge in [0, 0.05) is 19.0 Å². The van der Waals surface area contributed by atoms with Crippen LogP contribution in [0.1, 0.15) is 37.8 Å². The molecule has 1 aliphatic rings. The lowest BCUT2D eigenvalue weighted by Crippen LogP contribution is -2.49. The first-order valence-electron chi connectivity index (χ1n) is 7.74. The molecule has 3 heteroatoms. The molecule has 2 aromatic carbocycles. The molecule has 2 unspecified atom stereocenters. The number of carbonyl (C=O) groups excluding carboxylic acids is 1. The van der Waals surface area contributed by atoms with E-state index in [1.165, 1.54) is 10.8 Å². The van der Waals surface area contributed by atoms with Gasteiger partial charge in [0.1, 0.15) is 0 Å². The van der Waals surface area contributed by atoms with Crippen LogP contribution in [0.2, 0.25) is 0 Å². The number of rotatable bonds is 3. The second-order valence-corrected chi connectivity index (χ2v) is 5.84. The van der Waals surface area contributed by atoms with E-state index in [-0.39, 0.29) is 18.0 Å². The molecular weight excluding hydrogens is 260 g/mol. The summed E-state index contributed by atoms with van der Waals surface area (Å²) in [5.41, 5.74) is 7.50. The van der Waals surface area contributed by atoms with E-state index in [4.69, 9.17) is 5.73 Å². The van der Waals surface area contributed by atoms with Gasteiger partial charge in [0.2, 0.25) is 5.91 Å². The molecule has 1 saturated heterocycles. The van der Waals surface area contributed by atoms with E-state index in [9.17, 15) is 4.79 Å². The zero-order valence-corrected chi connectivity index (χ0v) is 12.5. The van der Waals surface area contributed by atoms with Crippen molar-refractivity contribution < 1.29 is 4.79 Å². The molecule has 110 valence electrons. The average molecular weight is 282 g/mol. The van der Waals surface area contributed by atoms with Crippen molar-refractivity contribution in [1.29, 1.82) is 0 Å². The molecule has 1 fully saturated rings. The highest BCUT2D eigenvalue weighted by atomic mass is 16.2. The molecule has 0 aliphatic carbocycles. The van der Waals surface area contributed by atoms with Crippen molar-refractivity contribution in [1.82, 2.24) is 4.90 Å². The molecule has 21 heavy (non-hydrogen) atoms. The summed E-state index contributed by atoms with van der Waals surface area (Å²) in [6, 6.07) is 14.8. The summed E-state index contributed by atoms with van der Waals surface area (Å²) in [7, 11) is 0. The molecule has 3 rings (SSSR count). The molecule has 2 N–H and O–H groups in total. The Balaban J connectivity index is 2.02. The lowest BCUT2D eigenvalue weighted by molar-refractivity contribution is -0.137. The fraction of sp³-hybridized carbons (Fsp3) is 0.389. The Morgan fingerprint density at radius 2 is 1.95 bits per heavy atom. The van der Waals surface area contributed by atoms with Crippen LogP contribution in [0, 0.1) is 0 Å². The maximum Gasteiger partial charge on any atom is 0.223 e. The van der Waals surface area contributed by atoms with E-state index in [0.29, 0.717) is 6.42 Å². The van der Waals surface area contributed by atoms with Crippen LogP contribution in [0.5, 0.6) is 0 Å². The van der Waals surface area contributed by atoms with E-state index < -0.39 is 0 Å². The molecule has 0 bridgehead atoms. The molecule has 1 aliphatic heterocycles. The molecule has 2 atom stereocenters. The Hall–Kier alpha value is -1.87. The monoisotopic (exact) mass is 282 g/mol. The van der Waals surface area contributed by atoms with Crippen molar-refractivity contribution in [2.45, 2.75) is 38.3 Å². The Labute approximate surface area is 125 Å². The second kappa shape index (κ2) is 5.86. The van der Waals surface area contributed by atoms with Gasteiger partial charge < -0.3 is 10.6 Å². The first-order valence-corrected chi connectivity index (χ1v) is 7.74. The van der Waals surface area contributed by atoms with Crippen molar-refractivity contribution in [3.05, 3.63) is 48.0 Å². The predicted molar refractivity (Wildman–Crippen MR) is 85.9 cm³/mol. The minimum Gasteiger partial charge on any atom is -0.334 e. The van der Waals surface area contributed by atoms with E-state index >= 15 is 0 Å². The largest absolute Gasteiger partial charge is 0.334 e. The van der Waals surface area contributed by atoms with Gasteiger partial charge in [-0.15, -0.1) is 0 Å². The van der Waals surface area contributed by atoms with Crippen LogP contribution in [-0.4, -0.2) is 23.4 Å². The maximum atomic E-state index is 12.2. The molecule has 2 aromatic rings. The Kier molecular flexibility index (Phi) is 3.93. The Bertz CT molecular complexity index is 652. The van der Waals surface area contributed by atoms with E-state index in [2.05, 4.69) is 37.3 Å². The van der Waals surface area contributed by atoms with Crippen LogP contribution in [0.25, 0.3) is 10.8 Å². The van der Waals surface area contributed by atoms with Gasteiger partial charge >= 0.3 is 0 Å². The zero-order valence-electron chi connectivity index (χ0n) is 12.5. The maximum absolute atomic E-state index is 12.2. The van der Waals surface area contributed by atoms with Gasteiger partial charge in [0.15, 0.2) is 0 Å². The number of nitrogens with two attached hydrogens (primary N) is 1. The van der Waals surface area contributed by atoms with Crippen molar-refractivity contribution >= 4 is 16.7 Å². The third-order valence-electron chi connectivity index (χ3n) is 4.33. The summed E-state index contributed by atoms with van der Waals surface area (Å²) >= 11 is 0. The van der Waals surface area contributed by atoms with Gasteiger partial charge in [0.05, 0.1) is 6.04 Å².